The van der Waals surface area contributed by atoms with Crippen LogP contribution >= 0.6 is 9.24 Å². The minimum absolute atomic E-state index is 0.00981. The first-order chi connectivity index (χ1) is 11.8. The smallest absolute Gasteiger partial charge is 0.313 e. The highest BCUT2D eigenvalue weighted by Gasteiger charge is 2.22. The van der Waals surface area contributed by atoms with Crippen molar-refractivity contribution in [2.24, 2.45) is 0 Å². The summed E-state index contributed by atoms with van der Waals surface area (Å²) in [7, 11) is 1.95. The third-order valence-electron chi connectivity index (χ3n) is 2.66. The van der Waals surface area contributed by atoms with E-state index in [0.29, 0.717) is 6.54 Å². The quantitative estimate of drug-likeness (QED) is 0.167. The Morgan fingerprint density at radius 1 is 0.960 bits per heavy atom. The molecule has 1 atom stereocenters. The van der Waals surface area contributed by atoms with E-state index in [9.17, 15) is 27.2 Å². The SMILES string of the molecule is O=C(P)NCCOCCOCCC(=O)Oc1c(F)c(F)cc(F)c1F. The molecule has 1 unspecified atom stereocenters. The number of halogens is 4. The van der Waals surface area contributed by atoms with Gasteiger partial charge >= 0.3 is 5.97 Å². The summed E-state index contributed by atoms with van der Waals surface area (Å²) < 4.78 is 67.0. The molecule has 140 valence electrons. The lowest BCUT2D eigenvalue weighted by Crippen LogP contribution is -2.22. The molecule has 0 saturated carbocycles. The van der Waals surface area contributed by atoms with Crippen molar-refractivity contribution in [3.05, 3.63) is 29.3 Å². The van der Waals surface area contributed by atoms with E-state index in [2.05, 4.69) is 10.1 Å². The molecule has 1 N–H and O–H groups in total. The predicted molar refractivity (Wildman–Crippen MR) is 81.3 cm³/mol. The van der Waals surface area contributed by atoms with Crippen LogP contribution < -0.4 is 10.1 Å². The van der Waals surface area contributed by atoms with Crippen molar-refractivity contribution in [3.8, 4) is 5.75 Å². The van der Waals surface area contributed by atoms with E-state index >= 15 is 0 Å². The van der Waals surface area contributed by atoms with Gasteiger partial charge in [0.05, 0.1) is 32.8 Å². The van der Waals surface area contributed by atoms with Crippen LogP contribution in [0.3, 0.4) is 0 Å². The molecule has 6 nitrogen and oxygen atoms in total. The third kappa shape index (κ3) is 7.76. The number of rotatable bonds is 10. The fourth-order valence-corrected chi connectivity index (χ4v) is 1.67. The number of carbonyl (C=O) groups excluding carboxylic acids is 2. The van der Waals surface area contributed by atoms with Gasteiger partial charge in [0.1, 0.15) is 0 Å². The van der Waals surface area contributed by atoms with Gasteiger partial charge in [-0.15, -0.1) is 0 Å². The molecular formula is C14H16F4NO5P. The second kappa shape index (κ2) is 11.0. The van der Waals surface area contributed by atoms with E-state index < -0.39 is 35.0 Å². The first-order valence-corrected chi connectivity index (χ1v) is 7.63. The second-order valence-electron chi connectivity index (χ2n) is 4.54. The lowest BCUT2D eigenvalue weighted by Gasteiger charge is -2.08. The van der Waals surface area contributed by atoms with Gasteiger partial charge in [-0.05, 0) is 9.24 Å². The Kier molecular flexibility index (Phi) is 9.33. The predicted octanol–water partition coefficient (Wildman–Crippen LogP) is 2.16. The Morgan fingerprint density at radius 3 is 2.08 bits per heavy atom. The fraction of sp³-hybridized carbons (Fsp3) is 0.429. The zero-order valence-electron chi connectivity index (χ0n) is 13.0. The third-order valence-corrected chi connectivity index (χ3v) is 2.86. The van der Waals surface area contributed by atoms with E-state index in [-0.39, 0.29) is 44.6 Å². The number of carbonyl (C=O) groups is 2. The van der Waals surface area contributed by atoms with Crippen LogP contribution in [0.4, 0.5) is 22.4 Å². The van der Waals surface area contributed by atoms with Gasteiger partial charge in [-0.1, -0.05) is 0 Å². The average molecular weight is 385 g/mol. The van der Waals surface area contributed by atoms with Gasteiger partial charge in [-0.25, -0.2) is 8.78 Å². The topological polar surface area (TPSA) is 73.9 Å². The minimum atomic E-state index is -1.79. The van der Waals surface area contributed by atoms with Crippen molar-refractivity contribution in [3.63, 3.8) is 0 Å². The number of ether oxygens (including phenoxy) is 3. The van der Waals surface area contributed by atoms with E-state index in [1.807, 2.05) is 9.24 Å². The molecule has 1 rings (SSSR count). The van der Waals surface area contributed by atoms with Crippen molar-refractivity contribution < 1.29 is 41.4 Å². The summed E-state index contributed by atoms with van der Waals surface area (Å²) in [6.45, 7) is 0.774. The van der Waals surface area contributed by atoms with E-state index in [4.69, 9.17) is 9.47 Å². The molecule has 11 heteroatoms. The molecule has 0 bridgehead atoms. The Balaban J connectivity index is 2.23. The molecule has 1 aromatic carbocycles. The number of hydrogen-bond donors (Lipinski definition) is 1. The molecule has 1 aromatic rings. The lowest BCUT2D eigenvalue weighted by atomic mass is 10.3. The van der Waals surface area contributed by atoms with Crippen molar-refractivity contribution in [2.75, 3.05) is 33.0 Å². The van der Waals surface area contributed by atoms with Crippen LogP contribution in [-0.2, 0) is 14.3 Å². The van der Waals surface area contributed by atoms with E-state index in [0.717, 1.165) is 0 Å². The summed E-state index contributed by atoms with van der Waals surface area (Å²) >= 11 is 0. The summed E-state index contributed by atoms with van der Waals surface area (Å²) in [5.74, 6) is -9.48. The number of esters is 1. The highest BCUT2D eigenvalue weighted by Crippen LogP contribution is 2.26. The lowest BCUT2D eigenvalue weighted by molar-refractivity contribution is -0.136. The monoisotopic (exact) mass is 385 g/mol. The number of hydrogen-bond acceptors (Lipinski definition) is 5. The Labute approximate surface area is 143 Å². The highest BCUT2D eigenvalue weighted by molar-refractivity contribution is 7.39. The average Bonchev–Trinajstić information content (AvgIpc) is 2.55. The maximum Gasteiger partial charge on any atom is 0.313 e. The van der Waals surface area contributed by atoms with Gasteiger partial charge in [0.25, 0.3) is 0 Å². The first-order valence-electron chi connectivity index (χ1n) is 7.05. The molecule has 0 aromatic heterocycles. The van der Waals surface area contributed by atoms with Crippen molar-refractivity contribution in [1.29, 1.82) is 0 Å². The van der Waals surface area contributed by atoms with Crippen LogP contribution in [-0.4, -0.2) is 44.6 Å². The van der Waals surface area contributed by atoms with Crippen LogP contribution in [0, 0.1) is 23.3 Å². The molecule has 0 radical (unpaired) electrons. The number of amides is 1. The molecule has 25 heavy (non-hydrogen) atoms. The van der Waals surface area contributed by atoms with Crippen molar-refractivity contribution in [2.45, 2.75) is 6.42 Å². The van der Waals surface area contributed by atoms with Crippen molar-refractivity contribution >= 4 is 20.9 Å². The molecule has 0 fully saturated rings. The maximum atomic E-state index is 13.3. The molecule has 0 heterocycles. The summed E-state index contributed by atoms with van der Waals surface area (Å²) in [6, 6.07) is 0.00981. The van der Waals surface area contributed by atoms with Crippen LogP contribution in [0.25, 0.3) is 0 Å². The standard InChI is InChI=1S/C14H16F4NO5P/c15-8-7-9(16)12(18)13(11(8)17)24-10(20)1-3-22-5-6-23-4-2-19-14(21)25/h7H,1-6,25H2,(H,19,21). The summed E-state index contributed by atoms with van der Waals surface area (Å²) in [5, 5.41) is 2.49. The van der Waals surface area contributed by atoms with Crippen LogP contribution in [0.15, 0.2) is 6.07 Å². The van der Waals surface area contributed by atoms with Crippen LogP contribution in [0.5, 0.6) is 5.75 Å². The molecular weight excluding hydrogens is 369 g/mol. The summed E-state index contributed by atoms with van der Waals surface area (Å²) in [4.78, 5) is 22.0. The van der Waals surface area contributed by atoms with Gasteiger partial charge in [0.2, 0.25) is 23.0 Å². The molecule has 0 aliphatic heterocycles. The van der Waals surface area contributed by atoms with Gasteiger partial charge < -0.3 is 19.5 Å². The summed E-state index contributed by atoms with van der Waals surface area (Å²) in [6.07, 6.45) is -0.389. The van der Waals surface area contributed by atoms with Gasteiger partial charge in [0, 0.05) is 12.6 Å². The van der Waals surface area contributed by atoms with Crippen molar-refractivity contribution in [1.82, 2.24) is 5.32 Å². The number of nitrogens with one attached hydrogen (secondary N) is 1. The summed E-state index contributed by atoms with van der Waals surface area (Å²) in [5.41, 5.74) is -0.260. The maximum absolute atomic E-state index is 13.3. The second-order valence-corrected chi connectivity index (χ2v) is 5.06. The van der Waals surface area contributed by atoms with Crippen LogP contribution in [0.2, 0.25) is 0 Å². The minimum Gasteiger partial charge on any atom is -0.420 e. The molecule has 0 saturated heterocycles. The van der Waals surface area contributed by atoms with Gasteiger partial charge in [-0.3, -0.25) is 9.59 Å². The molecule has 1 amide bonds. The Hall–Kier alpha value is -1.77. The van der Waals surface area contributed by atoms with E-state index in [1.54, 1.807) is 0 Å². The van der Waals surface area contributed by atoms with Gasteiger partial charge in [-0.2, -0.15) is 8.78 Å². The molecule has 0 aliphatic rings. The normalized spacial score (nSPS) is 10.6. The van der Waals surface area contributed by atoms with E-state index in [1.165, 1.54) is 0 Å². The van der Waals surface area contributed by atoms with Crippen LogP contribution in [0.1, 0.15) is 6.42 Å². The zero-order chi connectivity index (χ0) is 18.8. The zero-order valence-corrected chi connectivity index (χ0v) is 14.1. The first kappa shape index (κ1) is 21.3. The molecule has 0 spiro atoms. The Morgan fingerprint density at radius 2 is 1.52 bits per heavy atom. The number of benzene rings is 1. The Bertz CT molecular complexity index is 591. The fourth-order valence-electron chi connectivity index (χ4n) is 1.53. The largest absolute Gasteiger partial charge is 0.420 e. The van der Waals surface area contributed by atoms with Gasteiger partial charge in [0.15, 0.2) is 11.6 Å². The molecule has 0 aliphatic carbocycles. The highest BCUT2D eigenvalue weighted by atomic mass is 31.0.